The Morgan fingerprint density at radius 3 is 1.17 bits per heavy atom. The molecule has 645 valence electrons. The molecule has 0 aliphatic rings. The van der Waals surface area contributed by atoms with Crippen LogP contribution < -0.4 is 25.1 Å². The van der Waals surface area contributed by atoms with Crippen molar-refractivity contribution in [1.82, 2.24) is 89.8 Å². The van der Waals surface area contributed by atoms with Crippen LogP contribution in [0.1, 0.15) is 39.1 Å². The van der Waals surface area contributed by atoms with Crippen LogP contribution in [0.4, 0.5) is 4.39 Å². The molecule has 2 N–H and O–H groups in total. The molecule has 125 heavy (non-hydrogen) atoms. The van der Waals surface area contributed by atoms with E-state index in [1.165, 1.54) is 52.0 Å². The average molecular weight is 2550 g/mol. The van der Waals surface area contributed by atoms with E-state index in [0.717, 1.165) is 129 Å². The Morgan fingerprint density at radius 2 is 0.792 bits per heavy atom. The van der Waals surface area contributed by atoms with Crippen LogP contribution in [0.5, 0.6) is 0 Å². The van der Waals surface area contributed by atoms with Gasteiger partial charge in [0.1, 0.15) is 5.82 Å². The van der Waals surface area contributed by atoms with E-state index in [2.05, 4.69) is 122 Å². The summed E-state index contributed by atoms with van der Waals surface area (Å²) in [6.45, 7) is 17.5. The number of hydrogen-bond donors (Lipinski definition) is 2. The van der Waals surface area contributed by atoms with Gasteiger partial charge in [0.25, 0.3) is 0 Å². The topological polar surface area (TPSA) is 346 Å². The van der Waals surface area contributed by atoms with Crippen LogP contribution in [0, 0.1) is 43.6 Å². The Balaban J connectivity index is 0.000000296. The molecule has 12 heterocycles. The molecule has 0 spiro atoms. The molecule has 19 aromatic rings. The number of aliphatic hydroxyl groups is 2. The summed E-state index contributed by atoms with van der Waals surface area (Å²) in [5.41, 5.74) is 19.0. The van der Waals surface area contributed by atoms with Crippen LogP contribution in [-0.4, -0.2) is 93.2 Å². The molecule has 0 amide bonds. The summed E-state index contributed by atoms with van der Waals surface area (Å²) in [4.78, 5) is 84.8. The number of halogens is 1. The number of aromatic nitrogens is 18. The van der Waals surface area contributed by atoms with Crippen LogP contribution in [0.3, 0.4) is 0 Å². The Morgan fingerprint density at radius 1 is 0.416 bits per heavy atom. The fourth-order valence-corrected chi connectivity index (χ4v) is 10.9. The number of nitrogens with zero attached hydrogens (tertiary/aromatic N) is 19. The van der Waals surface area contributed by atoms with Gasteiger partial charge >= 0.3 is 0 Å². The Kier molecular flexibility index (Phi) is 46.5. The molecule has 19 rings (SSSR count). The summed E-state index contributed by atoms with van der Waals surface area (Å²) in [6, 6.07) is 94.3. The third kappa shape index (κ3) is 33.2. The molecule has 7 aromatic carbocycles. The minimum atomic E-state index is -0.278. The number of para-hydroxylation sites is 9. The van der Waals surface area contributed by atoms with Gasteiger partial charge in [0.15, 0.2) is 11.6 Å². The van der Waals surface area contributed by atoms with Crippen LogP contribution in [0.15, 0.2) is 334 Å². The van der Waals surface area contributed by atoms with E-state index in [1.54, 1.807) is 37.1 Å². The van der Waals surface area contributed by atoms with Crippen molar-refractivity contribution >= 4 is 73.4 Å². The molecule has 0 saturated carbocycles. The first-order valence-electron chi connectivity index (χ1n) is 36.8. The first kappa shape index (κ1) is 104. The normalized spacial score (nSPS) is 9.94. The Labute approximate surface area is 791 Å². The van der Waals surface area contributed by atoms with Crippen molar-refractivity contribution in [1.29, 1.82) is 5.26 Å². The van der Waals surface area contributed by atoms with Crippen molar-refractivity contribution < 1.29 is 131 Å². The summed E-state index contributed by atoms with van der Waals surface area (Å²) < 4.78 is 14.6. The monoisotopic (exact) mass is 2550 g/mol. The second-order valence-corrected chi connectivity index (χ2v) is 25.3. The molecular weight excluding hydrogens is 2470 g/mol. The zero-order chi connectivity index (χ0) is 85.4. The van der Waals surface area contributed by atoms with Gasteiger partial charge in [-0.25, -0.2) is 9.97 Å². The van der Waals surface area contributed by atoms with Crippen molar-refractivity contribution in [2.24, 2.45) is 7.05 Å². The van der Waals surface area contributed by atoms with Crippen molar-refractivity contribution in [3.63, 3.8) is 0 Å². The smallest absolute Gasteiger partial charge is 0.155 e. The number of fused-ring (bicyclic) bond motifs is 5. The summed E-state index contributed by atoms with van der Waals surface area (Å²) >= 11 is 0. The number of aryl methyl sites for hydroxylation is 3. The maximum atomic E-state index is 12.6. The van der Waals surface area contributed by atoms with E-state index in [1.807, 2.05) is 268 Å². The zero-order valence-electron chi connectivity index (χ0n) is 67.8. The number of allylic oxidation sites excluding steroid dienone is 4. The van der Waals surface area contributed by atoms with Gasteiger partial charge in [-0.1, -0.05) is 175 Å². The molecule has 0 saturated heterocycles. The van der Waals surface area contributed by atoms with Gasteiger partial charge in [0.2, 0.25) is 0 Å². The number of carbonyl (C=O) groups excluding carboxylic acids is 3. The number of carbonyl (C=O) groups is 2. The number of benzene rings is 7. The maximum absolute atomic E-state index is 12.6. The standard InChI is InChI=1S/C16H10N3.C15H11N4.C12H8N3.C11H7FN.C11H8N.2C9H8N3.2C5H8O2.CN.CHO.3Ir.2Pt/c1-2-6-12-11(5-1)9-10-15(17-12)16-18-13-7-3-4-8-14(13)19-16;1-19-13-9-5-4-8-12(13)18-15(19)14-16-10-6-2-3-7-11(10)17-14;1-2-6-10-9(5-1)14-12(15-10)11-7-3-4-8-13-11;12-10-6-4-9(5-7-10)11-3-1-2-8-13-11;1-2-6-10(7-3-1)11-8-4-5-9-12-11;2*1-7-6-9(12-11-7)8-4-2-3-5-10-8;2*1-4(6)3-5(2)7;2*1-2;;;;;/h1-10H;2-9H,1H3;1-8H;1-4,6-8H;1-6,8-9H;2*2-6H,1H3;2*3,6H,1-2H3;;1H;;;;;/q7*-1;;;2*-1;;;;;. The fraction of sp³-hybridized carbons (Fsp3) is 0.0737. The van der Waals surface area contributed by atoms with E-state index >= 15 is 0 Å². The number of aliphatic hydroxyl groups excluding tert-OH is 2. The van der Waals surface area contributed by atoms with Crippen LogP contribution in [0.2, 0.25) is 0 Å². The van der Waals surface area contributed by atoms with Gasteiger partial charge in [-0.05, 0) is 176 Å². The predicted molar refractivity (Wildman–Crippen MR) is 463 cm³/mol. The minimum Gasteiger partial charge on any atom is -0.574 e. The largest absolute Gasteiger partial charge is 0.574 e. The fourth-order valence-electron chi connectivity index (χ4n) is 10.9. The van der Waals surface area contributed by atoms with Gasteiger partial charge in [-0.15, -0.1) is 65.7 Å². The zero-order valence-corrected chi connectivity index (χ0v) is 79.5. The van der Waals surface area contributed by atoms with Crippen molar-refractivity contribution in [2.45, 2.75) is 41.5 Å². The molecule has 0 atom stereocenters. The first-order valence-corrected chi connectivity index (χ1v) is 36.8. The molecule has 24 nitrogen and oxygen atoms in total. The van der Waals surface area contributed by atoms with Gasteiger partial charge in [-0.3, -0.25) is 35.7 Å². The third-order valence-corrected chi connectivity index (χ3v) is 16.1. The van der Waals surface area contributed by atoms with E-state index < -0.39 is 0 Å². The number of imidazole rings is 4. The Hall–Kier alpha value is -13.2. The molecule has 0 aliphatic heterocycles. The number of hydrogen-bond acceptors (Lipinski definition) is 18. The molecule has 0 aliphatic carbocycles. The molecule has 12 aromatic heterocycles. The van der Waals surface area contributed by atoms with E-state index in [0.29, 0.717) is 17.5 Å². The molecule has 0 fully saturated rings. The van der Waals surface area contributed by atoms with E-state index in [-0.39, 0.29) is 131 Å². The summed E-state index contributed by atoms with van der Waals surface area (Å²) in [6.07, 6.45) is 11.1. The predicted octanol–water partition coefficient (Wildman–Crippen LogP) is 18.3. The summed E-state index contributed by atoms with van der Waals surface area (Å²) in [5, 5.41) is 39.9. The SMILES string of the molecule is CC(=O)C=C(C)O.CC(=O)C=C(C)O.Cc1cc(-c2ccccn2)[n-]n1.Cc1cc(-c2ccccn2)[n-]n1.Cn1c(-c2nc3ccccc3[n-]2)nc2ccccc21.Fc1c[c-]c(-c2ccccn2)cc1.[C-]#N.[CH-]=O.[Ir].[Ir].[Ir].[Pt].[Pt].[c-]1ccccc1-c1ccccn1.c1ccc(-c2nc3ccccc3[n-]2)nc1.c1ccc2nc(-c3nc4ccccc4[n-]3)ccc2c1. The van der Waals surface area contributed by atoms with E-state index in [4.69, 9.17) is 26.8 Å². The van der Waals surface area contributed by atoms with Crippen LogP contribution in [-0.2, 0) is 124 Å². The van der Waals surface area contributed by atoms with Gasteiger partial charge in [-0.2, -0.15) is 0 Å². The number of pyridine rings is 6. The second kappa shape index (κ2) is 55.8. The number of ketones is 2. The van der Waals surface area contributed by atoms with Crippen LogP contribution in [0.25, 0.3) is 135 Å². The number of rotatable bonds is 9. The maximum Gasteiger partial charge on any atom is 0.155 e. The van der Waals surface area contributed by atoms with Crippen molar-refractivity contribution in [3.8, 4) is 80.0 Å². The first-order chi connectivity index (χ1) is 58.5. The molecular formula is C95H77FIr3N19O5Pt2-9. The summed E-state index contributed by atoms with van der Waals surface area (Å²) in [7, 11) is 1.99. The van der Waals surface area contributed by atoms with E-state index in [9.17, 15) is 14.0 Å². The molecule has 0 bridgehead atoms. The van der Waals surface area contributed by atoms with Gasteiger partial charge < -0.3 is 91.7 Å². The molecule has 3 radical (unpaired) electrons. The molecule has 30 heteroatoms. The summed E-state index contributed by atoms with van der Waals surface area (Å²) in [5.74, 6) is 2.46. The third-order valence-electron chi connectivity index (χ3n) is 16.1. The van der Waals surface area contributed by atoms with Crippen molar-refractivity contribution in [2.75, 3.05) is 0 Å². The van der Waals surface area contributed by atoms with Gasteiger partial charge in [0, 0.05) is 187 Å². The Bertz CT molecular complexity index is 6200. The van der Waals surface area contributed by atoms with Crippen molar-refractivity contribution in [3.05, 3.63) is 370 Å². The minimum absolute atomic E-state index is 0. The second-order valence-electron chi connectivity index (χ2n) is 25.3. The molecule has 0 unspecified atom stereocenters. The quantitative estimate of drug-likeness (QED) is 0.0586. The van der Waals surface area contributed by atoms with Crippen LogP contribution >= 0.6 is 0 Å². The average Bonchev–Trinajstić information content (AvgIpc) is 1.63. The van der Waals surface area contributed by atoms with Gasteiger partial charge in [0.05, 0.1) is 39.5 Å².